The van der Waals surface area contributed by atoms with E-state index in [0.717, 1.165) is 18.3 Å². The highest BCUT2D eigenvalue weighted by Crippen LogP contribution is 2.65. The van der Waals surface area contributed by atoms with Crippen LogP contribution in [0.1, 0.15) is 58.8 Å². The summed E-state index contributed by atoms with van der Waals surface area (Å²) in [6.45, 7) is 4.76. The van der Waals surface area contributed by atoms with E-state index in [0.29, 0.717) is 23.9 Å². The predicted octanol–water partition coefficient (Wildman–Crippen LogP) is 3.50. The van der Waals surface area contributed by atoms with E-state index in [1.54, 1.807) is 6.08 Å². The first-order valence-corrected chi connectivity index (χ1v) is 9.36. The van der Waals surface area contributed by atoms with Crippen LogP contribution >= 0.6 is 0 Å². The molecule has 0 amide bonds. The van der Waals surface area contributed by atoms with Crippen LogP contribution in [-0.2, 0) is 9.53 Å². The van der Waals surface area contributed by atoms with Crippen LogP contribution in [0, 0.1) is 28.6 Å². The number of hydrogen-bond donors (Lipinski definition) is 1. The number of methoxy groups -OCH3 is 1. The molecule has 1 N–H and O–H groups in total. The molecule has 0 spiro atoms. The van der Waals surface area contributed by atoms with Crippen molar-refractivity contribution in [1.29, 1.82) is 0 Å². The molecular weight excluding hydrogens is 288 g/mol. The van der Waals surface area contributed by atoms with Gasteiger partial charge in [-0.2, -0.15) is 0 Å². The molecule has 3 heteroatoms. The Morgan fingerprint density at radius 2 is 1.96 bits per heavy atom. The molecule has 0 saturated heterocycles. The molecule has 4 rings (SSSR count). The Balaban J connectivity index is 1.67. The number of ether oxygens (including phenoxy) is 1. The molecule has 0 heterocycles. The summed E-state index contributed by atoms with van der Waals surface area (Å²) in [6, 6.07) is 0. The smallest absolute Gasteiger partial charge is 0.184 e. The number of carbonyl (C=O) groups excluding carboxylic acids is 1. The Morgan fingerprint density at radius 3 is 2.70 bits per heavy atom. The monoisotopic (exact) mass is 318 g/mol. The average Bonchev–Trinajstić information content (AvgIpc) is 2.85. The van der Waals surface area contributed by atoms with Gasteiger partial charge in [-0.1, -0.05) is 19.4 Å². The van der Waals surface area contributed by atoms with Crippen molar-refractivity contribution in [3.63, 3.8) is 0 Å². The highest BCUT2D eigenvalue weighted by molar-refractivity contribution is 5.95. The van der Waals surface area contributed by atoms with Gasteiger partial charge in [0, 0.05) is 7.11 Å². The first-order chi connectivity index (χ1) is 10.9. The van der Waals surface area contributed by atoms with Crippen molar-refractivity contribution in [2.75, 3.05) is 7.11 Å². The molecule has 23 heavy (non-hydrogen) atoms. The maximum Gasteiger partial charge on any atom is 0.184 e. The van der Waals surface area contributed by atoms with E-state index < -0.39 is 6.10 Å². The van der Waals surface area contributed by atoms with Crippen molar-refractivity contribution in [3.8, 4) is 0 Å². The number of aliphatic hydroxyl groups is 1. The maximum absolute atomic E-state index is 11.9. The van der Waals surface area contributed by atoms with Crippen molar-refractivity contribution >= 4 is 5.78 Å². The molecule has 4 aliphatic rings. The minimum Gasteiger partial charge on any atom is -0.385 e. The molecule has 0 bridgehead atoms. The van der Waals surface area contributed by atoms with Gasteiger partial charge in [-0.15, -0.1) is 0 Å². The van der Waals surface area contributed by atoms with E-state index in [1.807, 2.05) is 7.11 Å². The summed E-state index contributed by atoms with van der Waals surface area (Å²) in [4.78, 5) is 11.9. The van der Waals surface area contributed by atoms with E-state index in [2.05, 4.69) is 13.8 Å². The SMILES string of the molecule is CO[C@H]1CC[C@H]2[C@@H]3CCC4=CC(=O)[C@H](O)C[C@]4(C)[C@H]3CC[C@]12C. The van der Waals surface area contributed by atoms with Gasteiger partial charge in [0.25, 0.3) is 0 Å². The number of hydrogen-bond acceptors (Lipinski definition) is 3. The molecule has 128 valence electrons. The van der Waals surface area contributed by atoms with Gasteiger partial charge < -0.3 is 9.84 Å². The second-order valence-corrected chi connectivity index (χ2v) is 8.97. The topological polar surface area (TPSA) is 46.5 Å². The van der Waals surface area contributed by atoms with E-state index in [9.17, 15) is 9.90 Å². The van der Waals surface area contributed by atoms with Crippen LogP contribution in [0.25, 0.3) is 0 Å². The van der Waals surface area contributed by atoms with E-state index in [4.69, 9.17) is 4.74 Å². The van der Waals surface area contributed by atoms with Gasteiger partial charge in [0.05, 0.1) is 6.10 Å². The molecule has 3 fully saturated rings. The largest absolute Gasteiger partial charge is 0.385 e. The minimum absolute atomic E-state index is 0.0305. The van der Waals surface area contributed by atoms with Gasteiger partial charge in [-0.3, -0.25) is 4.79 Å². The molecule has 3 saturated carbocycles. The summed E-state index contributed by atoms with van der Waals surface area (Å²) >= 11 is 0. The van der Waals surface area contributed by atoms with Crippen LogP contribution in [0.15, 0.2) is 11.6 Å². The van der Waals surface area contributed by atoms with Gasteiger partial charge >= 0.3 is 0 Å². The fourth-order valence-electron chi connectivity index (χ4n) is 6.96. The number of fused-ring (bicyclic) bond motifs is 5. The molecule has 0 unspecified atom stereocenters. The average molecular weight is 318 g/mol. The third-order valence-electron chi connectivity index (χ3n) is 8.20. The molecule has 0 radical (unpaired) electrons. The number of carbonyl (C=O) groups is 1. The Hall–Kier alpha value is -0.670. The van der Waals surface area contributed by atoms with Crippen LogP contribution in [-0.4, -0.2) is 30.2 Å². The molecule has 0 aromatic rings. The van der Waals surface area contributed by atoms with Gasteiger partial charge in [-0.25, -0.2) is 0 Å². The molecule has 3 nitrogen and oxygen atoms in total. The molecule has 0 aromatic heterocycles. The Morgan fingerprint density at radius 1 is 1.17 bits per heavy atom. The maximum atomic E-state index is 11.9. The van der Waals surface area contributed by atoms with Crippen LogP contribution < -0.4 is 0 Å². The lowest BCUT2D eigenvalue weighted by atomic mass is 9.47. The second kappa shape index (κ2) is 5.16. The van der Waals surface area contributed by atoms with Crippen molar-refractivity contribution in [2.45, 2.75) is 71.0 Å². The summed E-state index contributed by atoms with van der Waals surface area (Å²) in [5.74, 6) is 2.03. The van der Waals surface area contributed by atoms with Gasteiger partial charge in [0.1, 0.15) is 6.10 Å². The fraction of sp³-hybridized carbons (Fsp3) is 0.850. The van der Waals surface area contributed by atoms with E-state index in [-0.39, 0.29) is 11.2 Å². The number of rotatable bonds is 1. The summed E-state index contributed by atoms with van der Waals surface area (Å²) in [5.41, 5.74) is 1.68. The fourth-order valence-corrected chi connectivity index (χ4v) is 6.96. The summed E-state index contributed by atoms with van der Waals surface area (Å²) in [5, 5.41) is 10.2. The summed E-state index contributed by atoms with van der Waals surface area (Å²) < 4.78 is 5.83. The molecule has 7 atom stereocenters. The third kappa shape index (κ3) is 2.05. The predicted molar refractivity (Wildman–Crippen MR) is 88.9 cm³/mol. The van der Waals surface area contributed by atoms with E-state index >= 15 is 0 Å². The zero-order valence-corrected chi connectivity index (χ0v) is 14.7. The Kier molecular flexibility index (Phi) is 3.55. The van der Waals surface area contributed by atoms with Crippen molar-refractivity contribution < 1.29 is 14.6 Å². The van der Waals surface area contributed by atoms with Gasteiger partial charge in [0.15, 0.2) is 5.78 Å². The normalized spacial score (nSPS) is 52.4. The molecule has 0 aliphatic heterocycles. The molecule has 0 aromatic carbocycles. The second-order valence-electron chi connectivity index (χ2n) is 8.97. The van der Waals surface area contributed by atoms with Crippen molar-refractivity contribution in [1.82, 2.24) is 0 Å². The minimum atomic E-state index is -0.786. The number of aliphatic hydroxyl groups excluding tert-OH is 1. The Bertz CT molecular complexity index is 553. The first-order valence-electron chi connectivity index (χ1n) is 9.36. The standard InChI is InChI=1S/C20H30O3/c1-19-9-8-15-13(14(19)6-7-18(19)23-3)5-4-12-10-16(21)17(22)11-20(12,15)2/h10,13-15,17-18,22H,4-9,11H2,1-3H3/t13-,14-,15-,17+,18-,19-,20-/m0/s1. The zero-order valence-electron chi connectivity index (χ0n) is 14.7. The van der Waals surface area contributed by atoms with Crippen molar-refractivity contribution in [3.05, 3.63) is 11.6 Å². The van der Waals surface area contributed by atoms with Crippen LogP contribution in [0.2, 0.25) is 0 Å². The third-order valence-corrected chi connectivity index (χ3v) is 8.20. The molecular formula is C20H30O3. The molecule has 4 aliphatic carbocycles. The van der Waals surface area contributed by atoms with Crippen LogP contribution in [0.3, 0.4) is 0 Å². The van der Waals surface area contributed by atoms with E-state index in [1.165, 1.54) is 37.7 Å². The number of ketones is 1. The highest BCUT2D eigenvalue weighted by atomic mass is 16.5. The van der Waals surface area contributed by atoms with Gasteiger partial charge in [-0.05, 0) is 79.6 Å². The quantitative estimate of drug-likeness (QED) is 0.805. The highest BCUT2D eigenvalue weighted by Gasteiger charge is 2.59. The van der Waals surface area contributed by atoms with Crippen LogP contribution in [0.5, 0.6) is 0 Å². The first kappa shape index (κ1) is 15.8. The lowest BCUT2D eigenvalue weighted by molar-refractivity contribution is -0.129. The van der Waals surface area contributed by atoms with Gasteiger partial charge in [0.2, 0.25) is 0 Å². The summed E-state index contributed by atoms with van der Waals surface area (Å²) in [6.07, 6.45) is 9.22. The lowest BCUT2D eigenvalue weighted by Crippen LogP contribution is -2.53. The number of allylic oxidation sites excluding steroid dienone is 1. The zero-order chi connectivity index (χ0) is 16.4. The lowest BCUT2D eigenvalue weighted by Gasteiger charge is -2.58. The summed E-state index contributed by atoms with van der Waals surface area (Å²) in [7, 11) is 1.87. The van der Waals surface area contributed by atoms with Crippen molar-refractivity contribution in [2.24, 2.45) is 28.6 Å². The Labute approximate surface area is 139 Å². The van der Waals surface area contributed by atoms with Crippen LogP contribution in [0.4, 0.5) is 0 Å².